The van der Waals surface area contributed by atoms with Gasteiger partial charge in [0.2, 0.25) is 0 Å². The quantitative estimate of drug-likeness (QED) is 0.816. The van der Waals surface area contributed by atoms with E-state index in [1.807, 2.05) is 36.5 Å². The van der Waals surface area contributed by atoms with Gasteiger partial charge in [-0.2, -0.15) is 0 Å². The number of pyridine rings is 1. The average molecular weight is 359 g/mol. The van der Waals surface area contributed by atoms with Crippen LogP contribution in [0, 0.1) is 13.8 Å². The highest BCUT2D eigenvalue weighted by atomic mass is 32.1. The van der Waals surface area contributed by atoms with Gasteiger partial charge in [-0.05, 0) is 44.5 Å². The maximum atomic E-state index is 6.15. The number of thiophene rings is 1. The summed E-state index contributed by atoms with van der Waals surface area (Å²) in [5, 5.41) is 0. The van der Waals surface area contributed by atoms with Gasteiger partial charge in [-0.15, -0.1) is 11.3 Å². The number of aromatic nitrogens is 1. The zero-order valence-corrected chi connectivity index (χ0v) is 15.8. The third kappa shape index (κ3) is 4.11. The molecule has 0 N–H and O–H groups in total. The van der Waals surface area contributed by atoms with E-state index in [0.717, 1.165) is 50.5 Å². The van der Waals surface area contributed by atoms with E-state index in [1.165, 1.54) is 9.75 Å². The molecule has 4 rings (SSSR count). The molecule has 1 atom stereocenters. The predicted molar refractivity (Wildman–Crippen MR) is 99.8 cm³/mol. The van der Waals surface area contributed by atoms with Gasteiger partial charge in [-0.1, -0.05) is 6.07 Å². The zero-order chi connectivity index (χ0) is 17.3. The van der Waals surface area contributed by atoms with Gasteiger partial charge in [0.05, 0.1) is 24.0 Å². The second-order valence-corrected chi connectivity index (χ2v) is 8.76. The van der Waals surface area contributed by atoms with Crippen LogP contribution in [0.25, 0.3) is 0 Å². The molecule has 0 bridgehead atoms. The van der Waals surface area contributed by atoms with E-state index >= 15 is 0 Å². The molecule has 2 aliphatic rings. The molecule has 2 aromatic rings. The van der Waals surface area contributed by atoms with Crippen molar-refractivity contribution >= 4 is 11.3 Å². The maximum absolute atomic E-state index is 6.15. The van der Waals surface area contributed by atoms with E-state index in [-0.39, 0.29) is 11.7 Å². The van der Waals surface area contributed by atoms with Gasteiger partial charge < -0.3 is 9.47 Å². The van der Waals surface area contributed by atoms with E-state index in [4.69, 9.17) is 9.47 Å². The van der Waals surface area contributed by atoms with Gasteiger partial charge in [0, 0.05) is 48.1 Å². The van der Waals surface area contributed by atoms with Crippen molar-refractivity contribution in [3.63, 3.8) is 0 Å². The Hall–Kier alpha value is -1.27. The SMILES string of the molecule is Cc1cccc(CO[C@H]2CCOC3(C2)CN(Cc2ccc(C)s2)C3)n1. The van der Waals surface area contributed by atoms with Crippen LogP contribution in [0.2, 0.25) is 0 Å². The zero-order valence-electron chi connectivity index (χ0n) is 15.0. The molecule has 5 heteroatoms. The number of ether oxygens (including phenoxy) is 2. The summed E-state index contributed by atoms with van der Waals surface area (Å²) >= 11 is 1.89. The number of rotatable bonds is 5. The highest BCUT2D eigenvalue weighted by Gasteiger charge is 2.47. The van der Waals surface area contributed by atoms with Gasteiger partial charge in [-0.3, -0.25) is 9.88 Å². The first-order chi connectivity index (χ1) is 12.1. The third-order valence-electron chi connectivity index (χ3n) is 5.06. The van der Waals surface area contributed by atoms with Crippen molar-refractivity contribution in [2.24, 2.45) is 0 Å². The van der Waals surface area contributed by atoms with Crippen LogP contribution in [0.4, 0.5) is 0 Å². The molecular weight excluding hydrogens is 332 g/mol. The summed E-state index contributed by atoms with van der Waals surface area (Å²) in [7, 11) is 0. The van der Waals surface area contributed by atoms with Gasteiger partial charge in [0.1, 0.15) is 0 Å². The van der Waals surface area contributed by atoms with Crippen LogP contribution in [0.3, 0.4) is 0 Å². The molecule has 0 saturated carbocycles. The van der Waals surface area contributed by atoms with Crippen LogP contribution >= 0.6 is 11.3 Å². The number of likely N-dealkylation sites (tertiary alicyclic amines) is 1. The Morgan fingerprint density at radius 3 is 2.92 bits per heavy atom. The Balaban J connectivity index is 1.27. The van der Waals surface area contributed by atoms with Crippen LogP contribution in [-0.4, -0.2) is 41.3 Å². The Morgan fingerprint density at radius 2 is 2.16 bits per heavy atom. The van der Waals surface area contributed by atoms with Crippen LogP contribution in [0.1, 0.15) is 34.0 Å². The summed E-state index contributed by atoms with van der Waals surface area (Å²) < 4.78 is 12.3. The second-order valence-electron chi connectivity index (χ2n) is 7.39. The van der Waals surface area contributed by atoms with Crippen molar-refractivity contribution in [2.45, 2.75) is 51.5 Å². The summed E-state index contributed by atoms with van der Waals surface area (Å²) in [6, 6.07) is 10.5. The van der Waals surface area contributed by atoms with E-state index in [2.05, 4.69) is 28.9 Å². The number of nitrogens with zero attached hydrogens (tertiary/aromatic N) is 2. The van der Waals surface area contributed by atoms with Gasteiger partial charge in [-0.25, -0.2) is 0 Å². The molecule has 0 unspecified atom stereocenters. The number of hydrogen-bond acceptors (Lipinski definition) is 5. The molecule has 0 radical (unpaired) electrons. The third-order valence-corrected chi connectivity index (χ3v) is 6.05. The van der Waals surface area contributed by atoms with Crippen LogP contribution in [-0.2, 0) is 22.6 Å². The maximum Gasteiger partial charge on any atom is 0.0959 e. The fourth-order valence-corrected chi connectivity index (χ4v) is 4.83. The average Bonchev–Trinajstić information content (AvgIpc) is 2.97. The number of hydrogen-bond donors (Lipinski definition) is 0. The molecule has 2 aliphatic heterocycles. The van der Waals surface area contributed by atoms with E-state index < -0.39 is 0 Å². The second kappa shape index (κ2) is 7.16. The first kappa shape index (κ1) is 17.2. The monoisotopic (exact) mass is 358 g/mol. The molecule has 2 fully saturated rings. The van der Waals surface area contributed by atoms with Gasteiger partial charge in [0.15, 0.2) is 0 Å². The molecule has 1 spiro atoms. The van der Waals surface area contributed by atoms with E-state index in [0.29, 0.717) is 6.61 Å². The first-order valence-corrected chi connectivity index (χ1v) is 9.88. The molecular formula is C20H26N2O2S. The van der Waals surface area contributed by atoms with Crippen molar-refractivity contribution < 1.29 is 9.47 Å². The lowest BCUT2D eigenvalue weighted by molar-refractivity contribution is -0.200. The first-order valence-electron chi connectivity index (χ1n) is 9.06. The lowest BCUT2D eigenvalue weighted by atomic mass is 9.84. The molecule has 134 valence electrons. The van der Waals surface area contributed by atoms with Crippen LogP contribution in [0.5, 0.6) is 0 Å². The standard InChI is InChI=1S/C20H26N2O2S/c1-15-4-3-5-17(21-15)12-23-18-8-9-24-20(10-18)13-22(14-20)11-19-7-6-16(2)25-19/h3-7,18H,8-14H2,1-2H3/t18-/m0/s1. The summed E-state index contributed by atoms with van der Waals surface area (Å²) in [6.45, 7) is 8.67. The Bertz CT molecular complexity index is 724. The topological polar surface area (TPSA) is 34.6 Å². The Morgan fingerprint density at radius 1 is 1.28 bits per heavy atom. The minimum Gasteiger partial charge on any atom is -0.372 e. The molecule has 2 saturated heterocycles. The van der Waals surface area contributed by atoms with Crippen molar-refractivity contribution in [1.29, 1.82) is 0 Å². The van der Waals surface area contributed by atoms with Crippen molar-refractivity contribution in [3.8, 4) is 0 Å². The molecule has 4 heterocycles. The fourth-order valence-electron chi connectivity index (χ4n) is 3.90. The normalized spacial score (nSPS) is 22.9. The fraction of sp³-hybridized carbons (Fsp3) is 0.550. The molecule has 0 aromatic carbocycles. The van der Waals surface area contributed by atoms with Crippen LogP contribution < -0.4 is 0 Å². The van der Waals surface area contributed by atoms with Gasteiger partial charge >= 0.3 is 0 Å². The van der Waals surface area contributed by atoms with Crippen molar-refractivity contribution in [3.05, 3.63) is 51.5 Å². The molecule has 4 nitrogen and oxygen atoms in total. The lowest BCUT2D eigenvalue weighted by Gasteiger charge is -2.53. The van der Waals surface area contributed by atoms with E-state index in [1.54, 1.807) is 0 Å². The number of aryl methyl sites for hydroxylation is 2. The molecule has 2 aromatic heterocycles. The van der Waals surface area contributed by atoms with Gasteiger partial charge in [0.25, 0.3) is 0 Å². The predicted octanol–water partition coefficient (Wildman–Crippen LogP) is 3.71. The summed E-state index contributed by atoms with van der Waals surface area (Å²) in [4.78, 5) is 9.84. The van der Waals surface area contributed by atoms with Crippen LogP contribution in [0.15, 0.2) is 30.3 Å². The molecule has 0 aliphatic carbocycles. The summed E-state index contributed by atoms with van der Waals surface area (Å²) in [5.41, 5.74) is 2.07. The Kier molecular flexibility index (Phi) is 4.91. The summed E-state index contributed by atoms with van der Waals surface area (Å²) in [5.74, 6) is 0. The highest BCUT2D eigenvalue weighted by Crippen LogP contribution is 2.36. The van der Waals surface area contributed by atoms with Crippen molar-refractivity contribution in [1.82, 2.24) is 9.88 Å². The van der Waals surface area contributed by atoms with Crippen molar-refractivity contribution in [2.75, 3.05) is 19.7 Å². The molecule has 25 heavy (non-hydrogen) atoms. The highest BCUT2D eigenvalue weighted by molar-refractivity contribution is 7.11. The Labute approximate surface area is 153 Å². The largest absolute Gasteiger partial charge is 0.372 e. The lowest BCUT2D eigenvalue weighted by Crippen LogP contribution is -2.65. The minimum absolute atomic E-state index is 0.00918. The minimum atomic E-state index is 0.00918. The van der Waals surface area contributed by atoms with E-state index in [9.17, 15) is 0 Å². The molecule has 0 amide bonds. The smallest absolute Gasteiger partial charge is 0.0959 e. The summed E-state index contributed by atoms with van der Waals surface area (Å²) in [6.07, 6.45) is 2.26.